The molecule has 0 radical (unpaired) electrons. The second-order valence-corrected chi connectivity index (χ2v) is 7.10. The summed E-state index contributed by atoms with van der Waals surface area (Å²) in [7, 11) is 0. The van der Waals surface area contributed by atoms with Crippen molar-refractivity contribution in [3.8, 4) is 0 Å². The largest absolute Gasteiger partial charge is 0.465 e. The first-order valence-electron chi connectivity index (χ1n) is 9.14. The van der Waals surface area contributed by atoms with Crippen LogP contribution in [0.4, 0.5) is 0 Å². The molecule has 0 aromatic carbocycles. The van der Waals surface area contributed by atoms with Gasteiger partial charge in [-0.3, -0.25) is 9.59 Å². The van der Waals surface area contributed by atoms with Gasteiger partial charge in [0.05, 0.1) is 13.2 Å². The van der Waals surface area contributed by atoms with Crippen LogP contribution in [-0.4, -0.2) is 25.2 Å². The standard InChI is InChI=1S/C19H36O4/c1-7-22-17(20)19(18(21)23-8-2,13-9-11-15(3)4)14-10-12-16(5)6/h15-16H,7-14H2,1-6H3. The summed E-state index contributed by atoms with van der Waals surface area (Å²) in [4.78, 5) is 25.2. The molecular formula is C19H36O4. The third-order valence-electron chi connectivity index (χ3n) is 4.10. The smallest absolute Gasteiger partial charge is 0.323 e. The summed E-state index contributed by atoms with van der Waals surface area (Å²) in [5.41, 5.74) is -1.13. The molecule has 0 rings (SSSR count). The Balaban J connectivity index is 5.23. The molecule has 0 unspecified atom stereocenters. The van der Waals surface area contributed by atoms with Crippen molar-refractivity contribution in [2.24, 2.45) is 17.3 Å². The first-order chi connectivity index (χ1) is 10.8. The molecule has 0 aromatic rings. The van der Waals surface area contributed by atoms with E-state index in [0.717, 1.165) is 25.7 Å². The highest BCUT2D eigenvalue weighted by atomic mass is 16.6. The fourth-order valence-electron chi connectivity index (χ4n) is 2.78. The van der Waals surface area contributed by atoms with Gasteiger partial charge in [-0.25, -0.2) is 0 Å². The molecule has 4 heteroatoms. The Hall–Kier alpha value is -1.06. The highest BCUT2D eigenvalue weighted by Gasteiger charge is 2.47. The van der Waals surface area contributed by atoms with E-state index < -0.39 is 17.4 Å². The van der Waals surface area contributed by atoms with Crippen molar-refractivity contribution in [2.45, 2.75) is 80.1 Å². The quantitative estimate of drug-likeness (QED) is 0.383. The van der Waals surface area contributed by atoms with E-state index >= 15 is 0 Å². The minimum absolute atomic E-state index is 0.286. The van der Waals surface area contributed by atoms with E-state index in [1.807, 2.05) is 0 Å². The second kappa shape index (κ2) is 11.5. The Bertz CT molecular complexity index is 313. The maximum atomic E-state index is 12.6. The van der Waals surface area contributed by atoms with Gasteiger partial charge in [0.1, 0.15) is 0 Å². The summed E-state index contributed by atoms with van der Waals surface area (Å²) in [6.45, 7) is 12.7. The molecule has 0 bridgehead atoms. The third kappa shape index (κ3) is 7.85. The maximum absolute atomic E-state index is 12.6. The predicted octanol–water partition coefficient (Wildman–Crippen LogP) is 4.75. The van der Waals surface area contributed by atoms with Crippen molar-refractivity contribution in [1.29, 1.82) is 0 Å². The molecule has 0 heterocycles. The molecule has 0 aliphatic heterocycles. The molecule has 0 atom stereocenters. The van der Waals surface area contributed by atoms with E-state index in [1.165, 1.54) is 0 Å². The van der Waals surface area contributed by atoms with Crippen LogP contribution < -0.4 is 0 Å². The van der Waals surface area contributed by atoms with Gasteiger partial charge in [0, 0.05) is 0 Å². The second-order valence-electron chi connectivity index (χ2n) is 7.10. The molecule has 23 heavy (non-hydrogen) atoms. The normalized spacial score (nSPS) is 11.8. The molecule has 0 N–H and O–H groups in total. The number of hydrogen-bond acceptors (Lipinski definition) is 4. The van der Waals surface area contributed by atoms with E-state index in [0.29, 0.717) is 24.7 Å². The van der Waals surface area contributed by atoms with Gasteiger partial charge < -0.3 is 9.47 Å². The molecule has 0 saturated carbocycles. The van der Waals surface area contributed by atoms with Crippen LogP contribution in [0, 0.1) is 17.3 Å². The van der Waals surface area contributed by atoms with Gasteiger partial charge in [0.2, 0.25) is 0 Å². The first-order valence-corrected chi connectivity index (χ1v) is 9.14. The topological polar surface area (TPSA) is 52.6 Å². The molecular weight excluding hydrogens is 292 g/mol. The molecule has 136 valence electrons. The van der Waals surface area contributed by atoms with Gasteiger partial charge in [-0.05, 0) is 38.5 Å². The maximum Gasteiger partial charge on any atom is 0.323 e. The zero-order chi connectivity index (χ0) is 17.9. The van der Waals surface area contributed by atoms with E-state index in [2.05, 4.69) is 27.7 Å². The lowest BCUT2D eigenvalue weighted by Gasteiger charge is -2.29. The number of rotatable bonds is 12. The molecule has 4 nitrogen and oxygen atoms in total. The average molecular weight is 328 g/mol. The van der Waals surface area contributed by atoms with Gasteiger partial charge in [0.15, 0.2) is 5.41 Å². The monoisotopic (exact) mass is 328 g/mol. The Morgan fingerprint density at radius 2 is 1.13 bits per heavy atom. The number of esters is 2. The third-order valence-corrected chi connectivity index (χ3v) is 4.10. The van der Waals surface area contributed by atoms with E-state index in [-0.39, 0.29) is 13.2 Å². The van der Waals surface area contributed by atoms with Crippen LogP contribution >= 0.6 is 0 Å². The molecule has 0 spiro atoms. The predicted molar refractivity (Wildman–Crippen MR) is 93.1 cm³/mol. The summed E-state index contributed by atoms with van der Waals surface area (Å²) in [5.74, 6) is 0.275. The van der Waals surface area contributed by atoms with E-state index in [1.54, 1.807) is 13.8 Å². The van der Waals surface area contributed by atoms with Gasteiger partial charge in [-0.1, -0.05) is 53.4 Å². The first kappa shape index (κ1) is 21.9. The number of carbonyl (C=O) groups excluding carboxylic acids is 2. The van der Waals surface area contributed by atoms with Crippen LogP contribution in [0.15, 0.2) is 0 Å². The lowest BCUT2D eigenvalue weighted by atomic mass is 9.77. The summed E-state index contributed by atoms with van der Waals surface area (Å²) >= 11 is 0. The Kier molecular flexibility index (Phi) is 10.9. The van der Waals surface area contributed by atoms with E-state index in [9.17, 15) is 9.59 Å². The van der Waals surface area contributed by atoms with Crippen molar-refractivity contribution >= 4 is 11.9 Å². The van der Waals surface area contributed by atoms with Gasteiger partial charge in [-0.15, -0.1) is 0 Å². The summed E-state index contributed by atoms with van der Waals surface area (Å²) in [6.07, 6.45) is 4.67. The lowest BCUT2D eigenvalue weighted by molar-refractivity contribution is -0.173. The van der Waals surface area contributed by atoms with Gasteiger partial charge in [0.25, 0.3) is 0 Å². The molecule has 0 aromatic heterocycles. The number of hydrogen-bond donors (Lipinski definition) is 0. The highest BCUT2D eigenvalue weighted by molar-refractivity contribution is 6.00. The van der Waals surface area contributed by atoms with Crippen LogP contribution in [0.2, 0.25) is 0 Å². The van der Waals surface area contributed by atoms with Crippen molar-refractivity contribution in [2.75, 3.05) is 13.2 Å². The minimum Gasteiger partial charge on any atom is -0.465 e. The van der Waals surface area contributed by atoms with Gasteiger partial charge in [-0.2, -0.15) is 0 Å². The van der Waals surface area contributed by atoms with Crippen molar-refractivity contribution in [1.82, 2.24) is 0 Å². The SMILES string of the molecule is CCOC(=O)C(CCCC(C)C)(CCCC(C)C)C(=O)OCC. The van der Waals surface area contributed by atoms with Crippen molar-refractivity contribution in [3.63, 3.8) is 0 Å². The van der Waals surface area contributed by atoms with Crippen LogP contribution in [0.1, 0.15) is 80.1 Å². The van der Waals surface area contributed by atoms with Crippen LogP contribution in [0.5, 0.6) is 0 Å². The average Bonchev–Trinajstić information content (AvgIpc) is 2.45. The minimum atomic E-state index is -1.13. The van der Waals surface area contributed by atoms with Crippen molar-refractivity contribution < 1.29 is 19.1 Å². The van der Waals surface area contributed by atoms with Crippen LogP contribution in [-0.2, 0) is 19.1 Å². The molecule has 0 aliphatic carbocycles. The van der Waals surface area contributed by atoms with Crippen LogP contribution in [0.3, 0.4) is 0 Å². The fourth-order valence-corrected chi connectivity index (χ4v) is 2.78. The zero-order valence-corrected chi connectivity index (χ0v) is 15.9. The highest BCUT2D eigenvalue weighted by Crippen LogP contribution is 2.35. The zero-order valence-electron chi connectivity index (χ0n) is 15.9. The molecule has 0 amide bonds. The summed E-state index contributed by atoms with van der Waals surface area (Å²) < 4.78 is 10.5. The number of ether oxygens (including phenoxy) is 2. The molecule has 0 fully saturated rings. The Labute approximate surface area is 142 Å². The van der Waals surface area contributed by atoms with E-state index in [4.69, 9.17) is 9.47 Å². The number of carbonyl (C=O) groups is 2. The molecule has 0 saturated heterocycles. The molecule has 0 aliphatic rings. The summed E-state index contributed by atoms with van der Waals surface area (Å²) in [5, 5.41) is 0. The lowest BCUT2D eigenvalue weighted by Crippen LogP contribution is -2.42. The summed E-state index contributed by atoms with van der Waals surface area (Å²) in [6, 6.07) is 0. The Morgan fingerprint density at radius 3 is 1.39 bits per heavy atom. The van der Waals surface area contributed by atoms with Crippen LogP contribution in [0.25, 0.3) is 0 Å². The fraction of sp³-hybridized carbons (Fsp3) is 0.895. The Morgan fingerprint density at radius 1 is 0.783 bits per heavy atom. The van der Waals surface area contributed by atoms with Gasteiger partial charge >= 0.3 is 11.9 Å². The van der Waals surface area contributed by atoms with Crippen molar-refractivity contribution in [3.05, 3.63) is 0 Å².